The lowest BCUT2D eigenvalue weighted by atomic mass is 9.87. The number of aromatic nitrogens is 4. The van der Waals surface area contributed by atoms with Crippen LogP contribution < -0.4 is 16.4 Å². The molecule has 1 saturated heterocycles. The predicted octanol–water partition coefficient (Wildman–Crippen LogP) is 2.32. The molecular formula is C39H64N7O19P3S. The van der Waals surface area contributed by atoms with Crippen LogP contribution in [0.2, 0.25) is 0 Å². The summed E-state index contributed by atoms with van der Waals surface area (Å²) < 4.78 is 62.4. The topological polar surface area (TPSA) is 401 Å². The summed E-state index contributed by atoms with van der Waals surface area (Å²) in [6.07, 6.45) is 3.77. The molecule has 30 heteroatoms. The van der Waals surface area contributed by atoms with Gasteiger partial charge in [-0.25, -0.2) is 28.6 Å². The van der Waals surface area contributed by atoms with Crippen LogP contribution in [0.15, 0.2) is 24.8 Å². The van der Waals surface area contributed by atoms with E-state index in [2.05, 4.69) is 53.5 Å². The Morgan fingerprint density at radius 2 is 1.75 bits per heavy atom. The van der Waals surface area contributed by atoms with Crippen molar-refractivity contribution in [2.45, 2.75) is 128 Å². The zero-order valence-corrected chi connectivity index (χ0v) is 41.9. The number of Topliss-reactive ketones (excluding diaryl/α,β-unsaturated/α-hetero) is 1. The molecule has 0 bridgehead atoms. The lowest BCUT2D eigenvalue weighted by Gasteiger charge is -2.30. The molecule has 1 aliphatic heterocycles. The highest BCUT2D eigenvalue weighted by Crippen LogP contribution is 2.61. The van der Waals surface area contributed by atoms with Crippen LogP contribution in [0.4, 0.5) is 5.82 Å². The number of rotatable bonds is 30. The summed E-state index contributed by atoms with van der Waals surface area (Å²) in [4.78, 5) is 101. The second-order valence-corrected chi connectivity index (χ2v) is 22.7. The Hall–Kier alpha value is -3.07. The van der Waals surface area contributed by atoms with Crippen molar-refractivity contribution in [1.82, 2.24) is 30.2 Å². The van der Waals surface area contributed by atoms with E-state index in [1.807, 2.05) is 0 Å². The van der Waals surface area contributed by atoms with E-state index in [0.717, 1.165) is 73.9 Å². The van der Waals surface area contributed by atoms with E-state index in [9.17, 15) is 67.8 Å². The van der Waals surface area contributed by atoms with Gasteiger partial charge in [0.2, 0.25) is 11.8 Å². The van der Waals surface area contributed by atoms with Gasteiger partial charge in [-0.05, 0) is 38.0 Å². The zero-order chi connectivity index (χ0) is 51.2. The third kappa shape index (κ3) is 18.8. The van der Waals surface area contributed by atoms with Crippen molar-refractivity contribution in [2.24, 2.45) is 17.3 Å². The molecule has 26 nitrogen and oxygen atoms in total. The molecular weight excluding hydrogens is 995 g/mol. The summed E-state index contributed by atoms with van der Waals surface area (Å²) in [6, 6.07) is 0. The number of nitrogens with zero attached hydrogens (tertiary/aromatic N) is 4. The number of carbonyl (C=O) groups excluding carboxylic acids is 4. The van der Waals surface area contributed by atoms with E-state index in [1.165, 1.54) is 13.8 Å². The van der Waals surface area contributed by atoms with E-state index >= 15 is 0 Å². The number of hydrogen-bond donors (Lipinski definition) is 10. The van der Waals surface area contributed by atoms with Gasteiger partial charge in [-0.15, -0.1) is 0 Å². The number of carbonyl (C=O) groups is 4. The van der Waals surface area contributed by atoms with Gasteiger partial charge < -0.3 is 56.0 Å². The number of amides is 2. The van der Waals surface area contributed by atoms with Crippen molar-refractivity contribution in [2.75, 3.05) is 37.8 Å². The van der Waals surface area contributed by atoms with Crippen LogP contribution in [0.25, 0.3) is 11.2 Å². The summed E-state index contributed by atoms with van der Waals surface area (Å²) in [5, 5.41) is 36.6. The first-order valence-corrected chi connectivity index (χ1v) is 27.7. The monoisotopic (exact) mass is 1060 g/mol. The molecule has 2 aliphatic rings. The van der Waals surface area contributed by atoms with Gasteiger partial charge in [0.1, 0.15) is 42.0 Å². The molecule has 11 N–H and O–H groups in total. The normalized spacial score (nSPS) is 23.8. The summed E-state index contributed by atoms with van der Waals surface area (Å²) >= 11 is 0.970. The van der Waals surface area contributed by atoms with E-state index < -0.39 is 90.7 Å². The Morgan fingerprint density at radius 3 is 2.46 bits per heavy atom. The number of fused-ring (bicyclic) bond motifs is 1. The molecule has 390 valence electrons. The number of nitrogen functional groups attached to an aromatic ring is 1. The number of aliphatic hydroxyl groups excluding tert-OH is 3. The number of hydrogen-bond acceptors (Lipinski definition) is 20. The van der Waals surface area contributed by atoms with Crippen LogP contribution in [-0.2, 0) is 55.5 Å². The molecule has 10 unspecified atom stereocenters. The molecule has 1 saturated carbocycles. The molecule has 4 rings (SSSR count). The van der Waals surface area contributed by atoms with E-state index in [0.29, 0.717) is 24.5 Å². The SMILES string of the molecule is CCC=CCC1C(=O)CCC1CCCCCC(O)CC(=O)SCCNC(=O)CCNC(=O)C(O)C(C)(C)COP(=O)(O)OP(=O)(O)OCC1OC(n2cnc3c(N)ncnc32)C(O)C1OP(=O)(O)O. The minimum atomic E-state index is -5.60. The maximum absolute atomic E-state index is 12.7. The molecule has 69 heavy (non-hydrogen) atoms. The van der Waals surface area contributed by atoms with Crippen LogP contribution >= 0.6 is 35.2 Å². The van der Waals surface area contributed by atoms with Gasteiger partial charge in [0.05, 0.1) is 25.6 Å². The van der Waals surface area contributed by atoms with Crippen LogP contribution in [0.1, 0.15) is 97.6 Å². The number of ketones is 1. The van der Waals surface area contributed by atoms with Crippen LogP contribution in [-0.4, -0.2) is 140 Å². The highest BCUT2D eigenvalue weighted by Gasteiger charge is 2.50. The van der Waals surface area contributed by atoms with Crippen LogP contribution in [0.3, 0.4) is 0 Å². The number of anilines is 1. The van der Waals surface area contributed by atoms with E-state index in [1.54, 1.807) is 0 Å². The molecule has 0 aromatic carbocycles. The molecule has 0 spiro atoms. The van der Waals surface area contributed by atoms with Crippen molar-refractivity contribution in [3.63, 3.8) is 0 Å². The Labute approximate surface area is 402 Å². The first kappa shape index (κ1) is 58.5. The maximum Gasteiger partial charge on any atom is 0.481 e. The van der Waals surface area contributed by atoms with Crippen molar-refractivity contribution in [3.8, 4) is 0 Å². The van der Waals surface area contributed by atoms with Crippen molar-refractivity contribution in [3.05, 3.63) is 24.8 Å². The van der Waals surface area contributed by atoms with Crippen LogP contribution in [0.5, 0.6) is 0 Å². The molecule has 2 fully saturated rings. The number of allylic oxidation sites excluding steroid dienone is 2. The molecule has 0 radical (unpaired) electrons. The number of phosphoric ester groups is 3. The Balaban J connectivity index is 1.10. The fourth-order valence-corrected chi connectivity index (χ4v) is 11.2. The smallest absolute Gasteiger partial charge is 0.393 e. The quantitative estimate of drug-likeness (QED) is 0.0305. The van der Waals surface area contributed by atoms with Crippen molar-refractivity contribution < 1.29 is 90.4 Å². The third-order valence-corrected chi connectivity index (χ3v) is 15.3. The van der Waals surface area contributed by atoms with Gasteiger partial charge in [0.15, 0.2) is 22.8 Å². The predicted molar refractivity (Wildman–Crippen MR) is 246 cm³/mol. The lowest BCUT2D eigenvalue weighted by Crippen LogP contribution is -2.46. The van der Waals surface area contributed by atoms with Gasteiger partial charge >= 0.3 is 23.5 Å². The van der Waals surface area contributed by atoms with E-state index in [4.69, 9.17) is 19.5 Å². The van der Waals surface area contributed by atoms with Gasteiger partial charge in [-0.3, -0.25) is 37.3 Å². The second-order valence-electron chi connectivity index (χ2n) is 17.3. The highest BCUT2D eigenvalue weighted by molar-refractivity contribution is 8.13. The lowest BCUT2D eigenvalue weighted by molar-refractivity contribution is -0.137. The number of aliphatic hydroxyl groups is 3. The summed E-state index contributed by atoms with van der Waals surface area (Å²) in [7, 11) is -16.5. The first-order valence-electron chi connectivity index (χ1n) is 22.2. The number of nitrogens with two attached hydrogens (primary N) is 1. The standard InChI is InChI=1S/C39H64N7O19P3S/c1-4-5-7-12-26-24(13-14-27(26)48)10-8-6-9-11-25(47)19-30(50)69-18-17-41-29(49)15-16-42-37(53)34(52)39(2,3)21-62-68(59,60)65-67(57,58)61-20-28-33(64-66(54,55)56)32(51)38(63-28)46-23-45-31-35(40)43-22-44-36(31)46/h5,7,22-26,28,32-34,38,47,51-52H,4,6,8-21H2,1-3H3,(H,41,49)(H,42,53)(H,57,58)(H,59,60)(H2,40,43,44)(H2,54,55,56). The molecule has 3 heterocycles. The fraction of sp³-hybridized carbons (Fsp3) is 0.718. The molecule has 2 amide bonds. The number of imidazole rings is 1. The van der Waals surface area contributed by atoms with Gasteiger partial charge in [0, 0.05) is 49.4 Å². The average molecular weight is 1060 g/mol. The molecule has 2 aromatic rings. The molecule has 2 aromatic heterocycles. The minimum absolute atomic E-state index is 0.0234. The zero-order valence-electron chi connectivity index (χ0n) is 38.4. The Morgan fingerprint density at radius 1 is 1.03 bits per heavy atom. The molecule has 1 aliphatic carbocycles. The van der Waals surface area contributed by atoms with Gasteiger partial charge in [0.25, 0.3) is 0 Å². The Bertz CT molecular complexity index is 2230. The van der Waals surface area contributed by atoms with Gasteiger partial charge in [-0.2, -0.15) is 4.31 Å². The number of nitrogens with one attached hydrogen (secondary N) is 2. The summed E-state index contributed by atoms with van der Waals surface area (Å²) in [6.45, 7) is 2.39. The molecule has 10 atom stereocenters. The second kappa shape index (κ2) is 26.6. The maximum atomic E-state index is 12.7. The summed E-state index contributed by atoms with van der Waals surface area (Å²) in [5.74, 6) is -0.423. The number of unbranched alkanes of at least 4 members (excludes halogenated alkanes) is 2. The highest BCUT2D eigenvalue weighted by atomic mass is 32.2. The first-order chi connectivity index (χ1) is 32.3. The number of ether oxygens (including phenoxy) is 1. The fourth-order valence-electron chi connectivity index (χ4n) is 7.67. The average Bonchev–Trinajstić information content (AvgIpc) is 3.94. The minimum Gasteiger partial charge on any atom is -0.393 e. The summed E-state index contributed by atoms with van der Waals surface area (Å²) in [5.41, 5.74) is 4.23. The van der Waals surface area contributed by atoms with Gasteiger partial charge in [-0.1, -0.05) is 63.9 Å². The number of thioether (sulfide) groups is 1. The van der Waals surface area contributed by atoms with E-state index in [-0.39, 0.29) is 59.7 Å². The number of phosphoric acid groups is 3. The third-order valence-electron chi connectivity index (χ3n) is 11.3. The van der Waals surface area contributed by atoms with Crippen LogP contribution in [0, 0.1) is 17.3 Å². The Kier molecular flexibility index (Phi) is 22.5. The van der Waals surface area contributed by atoms with Crippen molar-refractivity contribution >= 4 is 74.9 Å². The van der Waals surface area contributed by atoms with Crippen molar-refractivity contribution in [1.29, 1.82) is 0 Å². The largest absolute Gasteiger partial charge is 0.481 e.